The molecule has 0 aliphatic carbocycles. The molecule has 1 heterocycles. The molecular formula is C8H9FN2O3. The van der Waals surface area contributed by atoms with E-state index in [1.807, 2.05) is 0 Å². The zero-order valence-electron chi connectivity index (χ0n) is 7.57. The van der Waals surface area contributed by atoms with Crippen LogP contribution in [0.25, 0.3) is 0 Å². The molecule has 0 unspecified atom stereocenters. The van der Waals surface area contributed by atoms with Crippen LogP contribution in [0.1, 0.15) is 17.3 Å². The summed E-state index contributed by atoms with van der Waals surface area (Å²) in [4.78, 5) is 22.2. The van der Waals surface area contributed by atoms with Gasteiger partial charge in [-0.05, 0) is 6.92 Å². The molecule has 14 heavy (non-hydrogen) atoms. The summed E-state index contributed by atoms with van der Waals surface area (Å²) in [6.45, 7) is 0.883. The van der Waals surface area contributed by atoms with Crippen molar-refractivity contribution in [3.63, 3.8) is 0 Å². The van der Waals surface area contributed by atoms with Crippen molar-refractivity contribution in [1.29, 1.82) is 0 Å². The summed E-state index contributed by atoms with van der Waals surface area (Å²) in [5, 5.41) is 3.51. The predicted molar refractivity (Wildman–Crippen MR) is 44.3 cm³/mol. The number of hydrogen-bond donors (Lipinski definition) is 0. The van der Waals surface area contributed by atoms with Gasteiger partial charge < -0.3 is 4.74 Å². The fourth-order valence-corrected chi connectivity index (χ4v) is 0.861. The number of alkyl halides is 1. The number of carbonyl (C=O) groups is 2. The summed E-state index contributed by atoms with van der Waals surface area (Å²) in [7, 11) is 0. The van der Waals surface area contributed by atoms with Crippen molar-refractivity contribution < 1.29 is 18.7 Å². The zero-order chi connectivity index (χ0) is 10.6. The molecule has 1 aromatic heterocycles. The third-order valence-corrected chi connectivity index (χ3v) is 1.48. The van der Waals surface area contributed by atoms with Crippen LogP contribution >= 0.6 is 0 Å². The Morgan fingerprint density at radius 1 is 1.64 bits per heavy atom. The molecule has 6 heteroatoms. The van der Waals surface area contributed by atoms with E-state index in [1.165, 1.54) is 0 Å². The Morgan fingerprint density at radius 3 is 2.86 bits per heavy atom. The first-order chi connectivity index (χ1) is 6.69. The highest BCUT2D eigenvalue weighted by Crippen LogP contribution is 2.01. The summed E-state index contributed by atoms with van der Waals surface area (Å²) < 4.78 is 17.4. The second kappa shape index (κ2) is 4.50. The van der Waals surface area contributed by atoms with Crippen LogP contribution < -0.4 is 0 Å². The Labute approximate surface area is 79.5 Å². The summed E-state index contributed by atoms with van der Waals surface area (Å²) in [5.41, 5.74) is 0.0288. The Balaban J connectivity index is 2.74. The van der Waals surface area contributed by atoms with Gasteiger partial charge in [0.05, 0.1) is 18.4 Å². The van der Waals surface area contributed by atoms with E-state index in [0.29, 0.717) is 0 Å². The zero-order valence-corrected chi connectivity index (χ0v) is 7.57. The van der Waals surface area contributed by atoms with Gasteiger partial charge in [-0.1, -0.05) is 0 Å². The Hall–Kier alpha value is -1.72. The number of ether oxygens (including phenoxy) is 1. The van der Waals surface area contributed by atoms with Crippen LogP contribution in [0.3, 0.4) is 0 Å². The quantitative estimate of drug-likeness (QED) is 0.404. The molecule has 0 N–H and O–H groups in total. The first-order valence-corrected chi connectivity index (χ1v) is 3.99. The van der Waals surface area contributed by atoms with Crippen LogP contribution in [-0.4, -0.2) is 28.1 Å². The summed E-state index contributed by atoms with van der Waals surface area (Å²) in [6.07, 6.45) is 2.28. The Kier molecular flexibility index (Phi) is 3.33. The van der Waals surface area contributed by atoms with Crippen molar-refractivity contribution >= 4 is 11.8 Å². The van der Waals surface area contributed by atoms with Gasteiger partial charge in [-0.3, -0.25) is 4.79 Å². The highest BCUT2D eigenvalue weighted by Gasteiger charge is 2.18. The lowest BCUT2D eigenvalue weighted by Gasteiger charge is -1.97. The normalized spacial score (nSPS) is 9.86. The third-order valence-electron chi connectivity index (χ3n) is 1.48. The third kappa shape index (κ3) is 2.15. The number of Topliss-reactive ketones (excluding diaryl/α,β-unsaturated/α-hetero) is 1. The molecule has 1 aromatic rings. The molecule has 0 atom stereocenters. The van der Waals surface area contributed by atoms with Crippen molar-refractivity contribution in [2.75, 3.05) is 6.61 Å². The molecule has 0 aromatic carbocycles. The molecule has 0 spiro atoms. The van der Waals surface area contributed by atoms with Gasteiger partial charge in [0, 0.05) is 6.20 Å². The van der Waals surface area contributed by atoms with E-state index in [9.17, 15) is 14.0 Å². The van der Waals surface area contributed by atoms with Gasteiger partial charge in [0.1, 0.15) is 0 Å². The van der Waals surface area contributed by atoms with E-state index in [1.54, 1.807) is 6.92 Å². The van der Waals surface area contributed by atoms with E-state index in [4.69, 9.17) is 0 Å². The monoisotopic (exact) mass is 200 g/mol. The largest absolute Gasteiger partial charge is 0.460 e. The average molecular weight is 200 g/mol. The number of carbonyl (C=O) groups excluding carboxylic acids is 2. The van der Waals surface area contributed by atoms with Gasteiger partial charge >= 0.3 is 5.97 Å². The molecule has 0 fully saturated rings. The first-order valence-electron chi connectivity index (χ1n) is 3.99. The molecule has 0 amide bonds. The summed E-state index contributed by atoms with van der Waals surface area (Å²) in [5.74, 6) is -1.77. The highest BCUT2D eigenvalue weighted by molar-refractivity contribution is 6.40. The second-order valence-corrected chi connectivity index (χ2v) is 2.44. The fraction of sp³-hybridized carbons (Fsp3) is 0.375. The lowest BCUT2D eigenvalue weighted by molar-refractivity contribution is -0.137. The van der Waals surface area contributed by atoms with Crippen molar-refractivity contribution in [3.05, 3.63) is 18.0 Å². The predicted octanol–water partition coefficient (Wildman–Crippen LogP) is 0.556. The minimum absolute atomic E-state index is 0.0288. The van der Waals surface area contributed by atoms with E-state index >= 15 is 0 Å². The Bertz CT molecular complexity index is 348. The van der Waals surface area contributed by atoms with Crippen LogP contribution in [0.2, 0.25) is 0 Å². The summed E-state index contributed by atoms with van der Waals surface area (Å²) in [6, 6.07) is 0. The van der Waals surface area contributed by atoms with Crippen LogP contribution in [0.15, 0.2) is 12.4 Å². The van der Waals surface area contributed by atoms with Crippen LogP contribution in [0.4, 0.5) is 4.39 Å². The molecule has 1 rings (SSSR count). The van der Waals surface area contributed by atoms with E-state index in [0.717, 1.165) is 17.1 Å². The van der Waals surface area contributed by atoms with Crippen LogP contribution in [0, 0.1) is 0 Å². The SMILES string of the molecule is CCOC(=O)C(=O)c1cnn(CF)c1. The van der Waals surface area contributed by atoms with Gasteiger partial charge in [-0.2, -0.15) is 5.10 Å². The van der Waals surface area contributed by atoms with E-state index in [-0.39, 0.29) is 12.2 Å². The lowest BCUT2D eigenvalue weighted by Crippen LogP contribution is -2.16. The van der Waals surface area contributed by atoms with Gasteiger partial charge in [-0.25, -0.2) is 13.9 Å². The van der Waals surface area contributed by atoms with E-state index in [2.05, 4.69) is 9.84 Å². The minimum atomic E-state index is -0.953. The molecule has 0 saturated carbocycles. The highest BCUT2D eigenvalue weighted by atomic mass is 19.1. The van der Waals surface area contributed by atoms with Crippen molar-refractivity contribution in [1.82, 2.24) is 9.78 Å². The Morgan fingerprint density at radius 2 is 2.36 bits per heavy atom. The number of nitrogens with zero attached hydrogens (tertiary/aromatic N) is 2. The smallest absolute Gasteiger partial charge is 0.379 e. The van der Waals surface area contributed by atoms with Gasteiger partial charge in [0.15, 0.2) is 6.80 Å². The number of esters is 1. The van der Waals surface area contributed by atoms with Crippen LogP contribution in [-0.2, 0) is 16.3 Å². The molecule has 0 bridgehead atoms. The maximum atomic E-state index is 12.0. The average Bonchev–Trinajstić information content (AvgIpc) is 2.65. The van der Waals surface area contributed by atoms with Gasteiger partial charge in [0.2, 0.25) is 0 Å². The van der Waals surface area contributed by atoms with Crippen molar-refractivity contribution in [2.24, 2.45) is 0 Å². The number of hydrogen-bond acceptors (Lipinski definition) is 4. The number of aromatic nitrogens is 2. The number of halogens is 1. The molecule has 5 nitrogen and oxygen atoms in total. The first kappa shape index (κ1) is 10.4. The fourth-order valence-electron chi connectivity index (χ4n) is 0.861. The lowest BCUT2D eigenvalue weighted by atomic mass is 10.2. The van der Waals surface area contributed by atoms with Crippen molar-refractivity contribution in [3.8, 4) is 0 Å². The molecular weight excluding hydrogens is 191 g/mol. The maximum absolute atomic E-state index is 12.0. The molecule has 0 radical (unpaired) electrons. The van der Waals surface area contributed by atoms with Gasteiger partial charge in [-0.15, -0.1) is 0 Å². The number of ketones is 1. The van der Waals surface area contributed by atoms with Crippen molar-refractivity contribution in [2.45, 2.75) is 13.7 Å². The molecule has 0 aliphatic rings. The topological polar surface area (TPSA) is 61.2 Å². The molecule has 76 valence electrons. The summed E-state index contributed by atoms with van der Waals surface area (Å²) >= 11 is 0. The molecule has 0 aliphatic heterocycles. The van der Waals surface area contributed by atoms with Crippen LogP contribution in [0.5, 0.6) is 0 Å². The second-order valence-electron chi connectivity index (χ2n) is 2.44. The minimum Gasteiger partial charge on any atom is -0.460 e. The standard InChI is InChI=1S/C8H9FN2O3/c1-2-14-8(13)7(12)6-3-10-11(4-6)5-9/h3-4H,2,5H2,1H3. The number of rotatable bonds is 4. The van der Waals surface area contributed by atoms with Gasteiger partial charge in [0.25, 0.3) is 5.78 Å². The maximum Gasteiger partial charge on any atom is 0.379 e. The molecule has 0 saturated heterocycles. The van der Waals surface area contributed by atoms with E-state index < -0.39 is 18.6 Å².